The molecule has 1 aromatic rings. The second-order valence-electron chi connectivity index (χ2n) is 8.18. The largest absolute Gasteiger partial charge is 0.477 e. The molecule has 0 spiro atoms. The first-order chi connectivity index (χ1) is 13.0. The third-order valence-electron chi connectivity index (χ3n) is 4.79. The molecule has 2 heterocycles. The predicted molar refractivity (Wildman–Crippen MR) is 110 cm³/mol. The third-order valence-corrected chi connectivity index (χ3v) is 4.79. The van der Waals surface area contributed by atoms with Gasteiger partial charge in [-0.3, -0.25) is 4.99 Å². The number of hydrogen-bond donors (Lipinski definition) is 2. The molecule has 1 aliphatic heterocycles. The second kappa shape index (κ2) is 10.5. The van der Waals surface area contributed by atoms with E-state index in [4.69, 9.17) is 9.47 Å². The summed E-state index contributed by atoms with van der Waals surface area (Å²) in [5.41, 5.74) is 1.17. The van der Waals surface area contributed by atoms with E-state index in [0.29, 0.717) is 24.9 Å². The summed E-state index contributed by atoms with van der Waals surface area (Å²) in [6, 6.07) is 3.96. The molecule has 0 aliphatic carbocycles. The van der Waals surface area contributed by atoms with Crippen molar-refractivity contribution in [2.75, 3.05) is 26.8 Å². The van der Waals surface area contributed by atoms with Crippen molar-refractivity contribution >= 4 is 5.96 Å². The Hall–Kier alpha value is -1.82. The van der Waals surface area contributed by atoms with Crippen LogP contribution in [0.25, 0.3) is 0 Å². The summed E-state index contributed by atoms with van der Waals surface area (Å²) in [5, 5.41) is 6.85. The van der Waals surface area contributed by atoms with Crippen LogP contribution in [0.5, 0.6) is 5.88 Å². The minimum absolute atomic E-state index is 0.144. The van der Waals surface area contributed by atoms with Crippen LogP contribution in [0, 0.1) is 11.3 Å². The summed E-state index contributed by atoms with van der Waals surface area (Å²) in [5.74, 6) is 1.97. The average molecular weight is 377 g/mol. The number of guanidine groups is 1. The molecule has 2 unspecified atom stereocenters. The first kappa shape index (κ1) is 21.5. The number of ether oxygens (including phenoxy) is 2. The number of nitrogens with zero attached hydrogens (tertiary/aromatic N) is 2. The van der Waals surface area contributed by atoms with Gasteiger partial charge in [0, 0.05) is 44.4 Å². The zero-order valence-electron chi connectivity index (χ0n) is 17.5. The molecule has 27 heavy (non-hydrogen) atoms. The maximum atomic E-state index is 6.08. The lowest BCUT2D eigenvalue weighted by molar-refractivity contribution is -0.0835. The molecule has 2 atom stereocenters. The molecule has 0 bridgehead atoms. The highest BCUT2D eigenvalue weighted by Crippen LogP contribution is 2.33. The Balaban J connectivity index is 1.89. The lowest BCUT2D eigenvalue weighted by Gasteiger charge is -2.40. The van der Waals surface area contributed by atoms with Crippen LogP contribution < -0.4 is 15.4 Å². The first-order valence-corrected chi connectivity index (χ1v) is 10.1. The van der Waals surface area contributed by atoms with Crippen LogP contribution in [0.2, 0.25) is 0 Å². The Kier molecular flexibility index (Phi) is 8.35. The van der Waals surface area contributed by atoms with Crippen LogP contribution in [0.15, 0.2) is 23.3 Å². The lowest BCUT2D eigenvalue weighted by atomic mass is 9.78. The average Bonchev–Trinajstić information content (AvgIpc) is 2.66. The van der Waals surface area contributed by atoms with Gasteiger partial charge in [-0.15, -0.1) is 0 Å². The molecule has 6 nitrogen and oxygen atoms in total. The molecule has 2 N–H and O–H groups in total. The van der Waals surface area contributed by atoms with E-state index in [1.165, 1.54) is 6.42 Å². The van der Waals surface area contributed by atoms with Gasteiger partial charge < -0.3 is 20.1 Å². The topological polar surface area (TPSA) is 67.8 Å². The third kappa shape index (κ3) is 6.69. The number of rotatable bonds is 7. The van der Waals surface area contributed by atoms with E-state index in [2.05, 4.69) is 48.3 Å². The highest BCUT2D eigenvalue weighted by molar-refractivity contribution is 5.79. The molecule has 0 amide bonds. The quantitative estimate of drug-likeness (QED) is 0.564. The van der Waals surface area contributed by atoms with Crippen molar-refractivity contribution in [3.05, 3.63) is 23.9 Å². The van der Waals surface area contributed by atoms with Gasteiger partial charge >= 0.3 is 0 Å². The first-order valence-electron chi connectivity index (χ1n) is 10.1. The maximum Gasteiger partial charge on any atom is 0.218 e. The van der Waals surface area contributed by atoms with Gasteiger partial charge in [-0.05, 0) is 30.7 Å². The van der Waals surface area contributed by atoms with Crippen molar-refractivity contribution in [1.82, 2.24) is 15.6 Å². The number of pyridine rings is 1. The number of aliphatic imine (C=N–C) groups is 1. The van der Waals surface area contributed by atoms with E-state index < -0.39 is 0 Å². The van der Waals surface area contributed by atoms with Crippen LogP contribution in [0.1, 0.15) is 52.5 Å². The molecule has 0 saturated carbocycles. The van der Waals surface area contributed by atoms with E-state index in [-0.39, 0.29) is 11.5 Å². The molecule has 2 rings (SSSR count). The SMILES string of the molecule is CCCOc1ncccc1CNC(=NC)NCC1CCCOC1C(C)(C)C. The molecule has 6 heteroatoms. The van der Waals surface area contributed by atoms with Gasteiger partial charge in [0.25, 0.3) is 0 Å². The van der Waals surface area contributed by atoms with Gasteiger partial charge in [-0.2, -0.15) is 0 Å². The summed E-state index contributed by atoms with van der Waals surface area (Å²) >= 11 is 0. The van der Waals surface area contributed by atoms with E-state index in [1.54, 1.807) is 13.2 Å². The van der Waals surface area contributed by atoms with Gasteiger partial charge in [0.05, 0.1) is 12.7 Å². The van der Waals surface area contributed by atoms with Crippen LogP contribution >= 0.6 is 0 Å². The summed E-state index contributed by atoms with van der Waals surface area (Å²) in [6.07, 6.45) is 5.30. The summed E-state index contributed by atoms with van der Waals surface area (Å²) in [6.45, 7) is 11.9. The number of aromatic nitrogens is 1. The van der Waals surface area contributed by atoms with Crippen LogP contribution in [-0.2, 0) is 11.3 Å². The minimum atomic E-state index is 0.144. The van der Waals surface area contributed by atoms with Crippen molar-refractivity contribution in [2.45, 2.75) is 59.6 Å². The van der Waals surface area contributed by atoms with Crippen LogP contribution in [0.4, 0.5) is 0 Å². The maximum absolute atomic E-state index is 6.08. The Labute approximate surface area is 164 Å². The molecule has 152 valence electrons. The van der Waals surface area contributed by atoms with E-state index in [1.807, 2.05) is 12.1 Å². The standard InChI is InChI=1S/C21H36N4O2/c1-6-12-27-19-17(9-7-11-23-19)15-25-20(22-5)24-14-16-10-8-13-26-18(16)21(2,3)4/h7,9,11,16,18H,6,8,10,12-15H2,1-5H3,(H2,22,24,25). The predicted octanol–water partition coefficient (Wildman–Crippen LogP) is 3.38. The van der Waals surface area contributed by atoms with Crippen molar-refractivity contribution in [3.8, 4) is 5.88 Å². The molecular formula is C21H36N4O2. The second-order valence-corrected chi connectivity index (χ2v) is 8.18. The van der Waals surface area contributed by atoms with Crippen molar-refractivity contribution in [3.63, 3.8) is 0 Å². The lowest BCUT2D eigenvalue weighted by Crippen LogP contribution is -2.47. The monoisotopic (exact) mass is 376 g/mol. The number of hydrogen-bond acceptors (Lipinski definition) is 4. The minimum Gasteiger partial charge on any atom is -0.477 e. The smallest absolute Gasteiger partial charge is 0.218 e. The van der Waals surface area contributed by atoms with E-state index in [9.17, 15) is 0 Å². The zero-order chi connectivity index (χ0) is 19.7. The van der Waals surface area contributed by atoms with Crippen molar-refractivity contribution < 1.29 is 9.47 Å². The van der Waals surface area contributed by atoms with Gasteiger partial charge in [0.1, 0.15) is 0 Å². The molecular weight excluding hydrogens is 340 g/mol. The zero-order valence-corrected chi connectivity index (χ0v) is 17.5. The fraction of sp³-hybridized carbons (Fsp3) is 0.714. The molecule has 1 fully saturated rings. The Morgan fingerprint density at radius 1 is 1.37 bits per heavy atom. The highest BCUT2D eigenvalue weighted by atomic mass is 16.5. The normalized spacial score (nSPS) is 21.0. The van der Waals surface area contributed by atoms with Crippen LogP contribution in [0.3, 0.4) is 0 Å². The van der Waals surface area contributed by atoms with E-state index in [0.717, 1.165) is 37.5 Å². The van der Waals surface area contributed by atoms with Gasteiger partial charge in [0.15, 0.2) is 5.96 Å². The summed E-state index contributed by atoms with van der Waals surface area (Å²) in [4.78, 5) is 8.70. The van der Waals surface area contributed by atoms with E-state index >= 15 is 0 Å². The van der Waals surface area contributed by atoms with Crippen molar-refractivity contribution in [1.29, 1.82) is 0 Å². The Bertz CT molecular complexity index is 598. The van der Waals surface area contributed by atoms with Gasteiger partial charge in [-0.1, -0.05) is 33.8 Å². The molecule has 0 radical (unpaired) electrons. The summed E-state index contributed by atoms with van der Waals surface area (Å²) in [7, 11) is 1.80. The van der Waals surface area contributed by atoms with Crippen LogP contribution in [-0.4, -0.2) is 43.9 Å². The fourth-order valence-electron chi connectivity index (χ4n) is 3.52. The molecule has 1 saturated heterocycles. The molecule has 1 aliphatic rings. The molecule has 1 aromatic heterocycles. The Morgan fingerprint density at radius 3 is 2.89 bits per heavy atom. The number of nitrogens with one attached hydrogen (secondary N) is 2. The highest BCUT2D eigenvalue weighted by Gasteiger charge is 2.35. The van der Waals surface area contributed by atoms with Gasteiger partial charge in [-0.25, -0.2) is 4.98 Å². The van der Waals surface area contributed by atoms with Gasteiger partial charge in [0.2, 0.25) is 5.88 Å². The molecule has 0 aromatic carbocycles. The summed E-state index contributed by atoms with van der Waals surface area (Å²) < 4.78 is 11.8. The Morgan fingerprint density at radius 2 is 2.19 bits per heavy atom. The van der Waals surface area contributed by atoms with Crippen molar-refractivity contribution in [2.24, 2.45) is 16.3 Å². The fourth-order valence-corrected chi connectivity index (χ4v) is 3.52.